The van der Waals surface area contributed by atoms with E-state index in [9.17, 15) is 4.79 Å². The second-order valence-electron chi connectivity index (χ2n) is 6.00. The van der Waals surface area contributed by atoms with Gasteiger partial charge in [0.05, 0.1) is 0 Å². The minimum absolute atomic E-state index is 0.0812. The van der Waals surface area contributed by atoms with Crippen LogP contribution in [-0.4, -0.2) is 12.5 Å². The molecule has 0 spiro atoms. The Hall–Kier alpha value is -1.31. The van der Waals surface area contributed by atoms with Gasteiger partial charge in [0.15, 0.2) is 0 Å². The fourth-order valence-electron chi connectivity index (χ4n) is 3.21. The molecular weight excluding hydrogens is 246 g/mol. The molecule has 1 unspecified atom stereocenters. The van der Waals surface area contributed by atoms with E-state index in [1.807, 2.05) is 0 Å². The highest BCUT2D eigenvalue weighted by Crippen LogP contribution is 2.34. The Balaban J connectivity index is 2.05. The number of carbonyl (C=O) groups is 1. The Labute approximate surface area is 123 Å². The van der Waals surface area contributed by atoms with Crippen molar-refractivity contribution in [3.8, 4) is 0 Å². The van der Waals surface area contributed by atoms with Crippen LogP contribution >= 0.6 is 0 Å². The number of fused-ring (bicyclic) bond motifs is 1. The van der Waals surface area contributed by atoms with E-state index < -0.39 is 0 Å². The van der Waals surface area contributed by atoms with Crippen LogP contribution < -0.4 is 5.32 Å². The fourth-order valence-corrected chi connectivity index (χ4v) is 3.21. The Morgan fingerprint density at radius 1 is 1.40 bits per heavy atom. The highest BCUT2D eigenvalue weighted by molar-refractivity contribution is 5.72. The summed E-state index contributed by atoms with van der Waals surface area (Å²) in [6.45, 7) is 4.64. The van der Waals surface area contributed by atoms with Gasteiger partial charge in [0.1, 0.15) is 0 Å². The zero-order chi connectivity index (χ0) is 14.4. The number of hydrogen-bond acceptors (Lipinski definition) is 1. The summed E-state index contributed by atoms with van der Waals surface area (Å²) >= 11 is 0. The van der Waals surface area contributed by atoms with E-state index in [0.29, 0.717) is 5.92 Å². The Morgan fingerprint density at radius 2 is 2.25 bits per heavy atom. The van der Waals surface area contributed by atoms with Crippen LogP contribution in [0.4, 0.5) is 0 Å². The fraction of sp³-hybridized carbons (Fsp3) is 0.611. The third-order valence-electron chi connectivity index (χ3n) is 4.33. The lowest BCUT2D eigenvalue weighted by atomic mass is 9.80. The van der Waals surface area contributed by atoms with Crippen LogP contribution in [-0.2, 0) is 17.6 Å². The molecule has 1 aromatic carbocycles. The number of unbranched alkanes of at least 4 members (excludes halogenated alkanes) is 1. The summed E-state index contributed by atoms with van der Waals surface area (Å²) in [7, 11) is 0. The average Bonchev–Trinajstić information content (AvgIpc) is 2.45. The Bertz CT molecular complexity index is 453. The van der Waals surface area contributed by atoms with Crippen molar-refractivity contribution in [1.29, 1.82) is 0 Å². The zero-order valence-electron chi connectivity index (χ0n) is 12.9. The average molecular weight is 273 g/mol. The molecule has 110 valence electrons. The molecule has 20 heavy (non-hydrogen) atoms. The molecule has 0 aromatic heterocycles. The summed E-state index contributed by atoms with van der Waals surface area (Å²) in [5.74, 6) is 0.713. The normalized spacial score (nSPS) is 17.6. The molecule has 2 rings (SSSR count). The van der Waals surface area contributed by atoms with Gasteiger partial charge < -0.3 is 5.32 Å². The van der Waals surface area contributed by atoms with Gasteiger partial charge in [0.25, 0.3) is 0 Å². The lowest BCUT2D eigenvalue weighted by Crippen LogP contribution is -2.23. The van der Waals surface area contributed by atoms with E-state index in [-0.39, 0.29) is 5.91 Å². The number of hydrogen-bond donors (Lipinski definition) is 1. The lowest BCUT2D eigenvalue weighted by Gasteiger charge is -2.26. The molecule has 1 amide bonds. The summed E-state index contributed by atoms with van der Waals surface area (Å²) in [6, 6.07) is 7.08. The maximum Gasteiger partial charge on any atom is 0.216 e. The molecule has 1 atom stereocenters. The SMILES string of the molecule is CCCCc1ccc2c(c1)C(CCNC(C)=O)CCC2. The summed E-state index contributed by atoms with van der Waals surface area (Å²) in [6.07, 6.45) is 8.57. The molecule has 2 nitrogen and oxygen atoms in total. The van der Waals surface area contributed by atoms with Crippen molar-refractivity contribution in [3.05, 3.63) is 34.9 Å². The highest BCUT2D eigenvalue weighted by Gasteiger charge is 2.20. The Kier molecular flexibility index (Phi) is 5.63. The predicted octanol–water partition coefficient (Wildman–Crippen LogP) is 3.98. The van der Waals surface area contributed by atoms with Gasteiger partial charge in [0.2, 0.25) is 5.91 Å². The molecule has 0 saturated heterocycles. The highest BCUT2D eigenvalue weighted by atomic mass is 16.1. The maximum absolute atomic E-state index is 11.0. The molecule has 0 bridgehead atoms. The van der Waals surface area contributed by atoms with Crippen molar-refractivity contribution in [1.82, 2.24) is 5.32 Å². The minimum atomic E-state index is 0.0812. The van der Waals surface area contributed by atoms with E-state index >= 15 is 0 Å². The summed E-state index contributed by atoms with van der Waals surface area (Å²) in [5.41, 5.74) is 4.57. The quantitative estimate of drug-likeness (QED) is 0.834. The smallest absolute Gasteiger partial charge is 0.216 e. The zero-order valence-corrected chi connectivity index (χ0v) is 12.9. The second-order valence-corrected chi connectivity index (χ2v) is 6.00. The van der Waals surface area contributed by atoms with Gasteiger partial charge in [-0.3, -0.25) is 4.79 Å². The topological polar surface area (TPSA) is 29.1 Å². The molecule has 0 aliphatic heterocycles. The first-order chi connectivity index (χ1) is 9.70. The Morgan fingerprint density at radius 3 is 3.00 bits per heavy atom. The van der Waals surface area contributed by atoms with E-state index in [4.69, 9.17) is 0 Å². The van der Waals surface area contributed by atoms with E-state index in [1.54, 1.807) is 12.5 Å². The molecule has 0 fully saturated rings. The number of amides is 1. The maximum atomic E-state index is 11.0. The first-order valence-electron chi connectivity index (χ1n) is 8.07. The summed E-state index contributed by atoms with van der Waals surface area (Å²) < 4.78 is 0. The summed E-state index contributed by atoms with van der Waals surface area (Å²) in [5, 5.41) is 2.93. The largest absolute Gasteiger partial charge is 0.356 e. The van der Waals surface area contributed by atoms with Crippen LogP contribution in [0.2, 0.25) is 0 Å². The molecule has 1 aliphatic rings. The van der Waals surface area contributed by atoms with Gasteiger partial charge in [-0.2, -0.15) is 0 Å². The van der Waals surface area contributed by atoms with E-state index in [2.05, 4.69) is 30.4 Å². The predicted molar refractivity (Wildman–Crippen MR) is 84.0 cm³/mol. The van der Waals surface area contributed by atoms with Gasteiger partial charge in [-0.25, -0.2) is 0 Å². The molecule has 0 heterocycles. The molecule has 1 N–H and O–H groups in total. The monoisotopic (exact) mass is 273 g/mol. The summed E-state index contributed by atoms with van der Waals surface area (Å²) in [4.78, 5) is 11.0. The molecule has 2 heteroatoms. The van der Waals surface area contributed by atoms with Crippen molar-refractivity contribution < 1.29 is 4.79 Å². The van der Waals surface area contributed by atoms with Crippen LogP contribution in [0.5, 0.6) is 0 Å². The van der Waals surface area contributed by atoms with Crippen LogP contribution in [0.3, 0.4) is 0 Å². The number of carbonyl (C=O) groups excluding carboxylic acids is 1. The number of rotatable bonds is 6. The van der Waals surface area contributed by atoms with Gasteiger partial charge in [-0.15, -0.1) is 0 Å². The first-order valence-corrected chi connectivity index (χ1v) is 8.07. The second kappa shape index (κ2) is 7.47. The first kappa shape index (κ1) is 15.1. The van der Waals surface area contributed by atoms with Crippen molar-refractivity contribution in [3.63, 3.8) is 0 Å². The number of benzene rings is 1. The van der Waals surface area contributed by atoms with Gasteiger partial charge in [-0.1, -0.05) is 31.5 Å². The minimum Gasteiger partial charge on any atom is -0.356 e. The molecule has 1 aromatic rings. The standard InChI is InChI=1S/C18H27NO/c1-3-4-6-15-9-10-16-7-5-8-17(18(16)13-15)11-12-19-14(2)20/h9-10,13,17H,3-8,11-12H2,1-2H3,(H,19,20). The molecular formula is C18H27NO. The van der Waals surface area contributed by atoms with Crippen LogP contribution in [0, 0.1) is 0 Å². The van der Waals surface area contributed by atoms with E-state index in [0.717, 1.165) is 13.0 Å². The van der Waals surface area contributed by atoms with Crippen LogP contribution in [0.25, 0.3) is 0 Å². The van der Waals surface area contributed by atoms with Crippen molar-refractivity contribution in [2.24, 2.45) is 0 Å². The van der Waals surface area contributed by atoms with Gasteiger partial charge in [-0.05, 0) is 61.1 Å². The van der Waals surface area contributed by atoms with Crippen LogP contribution in [0.1, 0.15) is 68.6 Å². The molecule has 0 radical (unpaired) electrons. The van der Waals surface area contributed by atoms with E-state index in [1.165, 1.54) is 49.7 Å². The third-order valence-corrected chi connectivity index (χ3v) is 4.33. The molecule has 0 saturated carbocycles. The third kappa shape index (κ3) is 4.09. The van der Waals surface area contributed by atoms with Gasteiger partial charge in [0, 0.05) is 13.5 Å². The lowest BCUT2D eigenvalue weighted by molar-refractivity contribution is -0.118. The van der Waals surface area contributed by atoms with Crippen molar-refractivity contribution in [2.45, 2.75) is 64.7 Å². The van der Waals surface area contributed by atoms with Crippen molar-refractivity contribution in [2.75, 3.05) is 6.54 Å². The van der Waals surface area contributed by atoms with Gasteiger partial charge >= 0.3 is 0 Å². The molecule has 1 aliphatic carbocycles. The van der Waals surface area contributed by atoms with Crippen LogP contribution in [0.15, 0.2) is 18.2 Å². The number of nitrogens with one attached hydrogen (secondary N) is 1. The van der Waals surface area contributed by atoms with Crippen molar-refractivity contribution >= 4 is 5.91 Å². The number of aryl methyl sites for hydroxylation is 2.